The minimum atomic E-state index is -0.263. The Hall–Kier alpha value is -4.25. The molecule has 148 valence electrons. The zero-order valence-electron chi connectivity index (χ0n) is 16.7. The van der Waals surface area contributed by atoms with Gasteiger partial charge in [-0.2, -0.15) is 10.4 Å². The topological polar surface area (TPSA) is 106 Å². The Labute approximate surface area is 172 Å². The molecule has 3 heterocycles. The van der Waals surface area contributed by atoms with Gasteiger partial charge < -0.3 is 10.1 Å². The van der Waals surface area contributed by atoms with Crippen molar-refractivity contribution in [3.8, 4) is 17.7 Å². The van der Waals surface area contributed by atoms with Crippen LogP contribution in [0.25, 0.3) is 11.0 Å². The molecule has 0 radical (unpaired) electrons. The lowest BCUT2D eigenvalue weighted by Gasteiger charge is -2.11. The van der Waals surface area contributed by atoms with Crippen molar-refractivity contribution in [2.75, 3.05) is 5.32 Å². The van der Waals surface area contributed by atoms with Gasteiger partial charge in [-0.3, -0.25) is 9.48 Å². The summed E-state index contributed by atoms with van der Waals surface area (Å²) < 4.78 is 7.41. The predicted molar refractivity (Wildman–Crippen MR) is 111 cm³/mol. The maximum absolute atomic E-state index is 12.7. The molecule has 4 aromatic rings. The lowest BCUT2D eigenvalue weighted by atomic mass is 10.1. The van der Waals surface area contributed by atoms with Crippen LogP contribution in [0.5, 0.6) is 11.6 Å². The number of ether oxygens (including phenoxy) is 1. The number of aryl methyl sites for hydroxylation is 3. The molecule has 0 saturated heterocycles. The Balaban J connectivity index is 1.54. The Morgan fingerprint density at radius 3 is 2.80 bits per heavy atom. The molecule has 0 bridgehead atoms. The summed E-state index contributed by atoms with van der Waals surface area (Å²) in [5.41, 5.74) is 3.80. The Bertz CT molecular complexity index is 1320. The number of rotatable bonds is 4. The number of carbonyl (C=O) groups is 1. The second-order valence-electron chi connectivity index (χ2n) is 6.81. The Morgan fingerprint density at radius 1 is 1.20 bits per heavy atom. The molecule has 0 aliphatic carbocycles. The summed E-state index contributed by atoms with van der Waals surface area (Å²) in [4.78, 5) is 21.2. The first kappa shape index (κ1) is 19.1. The van der Waals surface area contributed by atoms with Crippen LogP contribution in [-0.4, -0.2) is 25.7 Å². The van der Waals surface area contributed by atoms with Crippen LogP contribution in [0.15, 0.2) is 48.8 Å². The SMILES string of the molecule is Cc1cc(Oc2ncccc2C#N)ccc1NC(=O)c1cnc2c(c1)c(C)nn2C. The molecule has 0 unspecified atom stereocenters. The van der Waals surface area contributed by atoms with E-state index in [1.165, 1.54) is 6.20 Å². The van der Waals surface area contributed by atoms with Crippen molar-refractivity contribution in [2.24, 2.45) is 7.05 Å². The van der Waals surface area contributed by atoms with E-state index in [1.807, 2.05) is 27.0 Å². The minimum absolute atomic E-state index is 0.238. The number of aromatic nitrogens is 4. The third-order valence-electron chi connectivity index (χ3n) is 4.68. The second kappa shape index (κ2) is 7.64. The minimum Gasteiger partial charge on any atom is -0.438 e. The summed E-state index contributed by atoms with van der Waals surface area (Å²) in [6.07, 6.45) is 3.10. The maximum Gasteiger partial charge on any atom is 0.257 e. The van der Waals surface area contributed by atoms with Crippen molar-refractivity contribution in [1.82, 2.24) is 19.7 Å². The van der Waals surface area contributed by atoms with Gasteiger partial charge in [0.15, 0.2) is 5.65 Å². The first-order chi connectivity index (χ1) is 14.5. The highest BCUT2D eigenvalue weighted by atomic mass is 16.5. The smallest absolute Gasteiger partial charge is 0.257 e. The first-order valence-electron chi connectivity index (χ1n) is 9.20. The molecule has 1 aromatic carbocycles. The van der Waals surface area contributed by atoms with Crippen molar-refractivity contribution in [1.29, 1.82) is 5.26 Å². The largest absolute Gasteiger partial charge is 0.438 e. The summed E-state index contributed by atoms with van der Waals surface area (Å²) in [6.45, 7) is 3.74. The molecule has 0 spiro atoms. The van der Waals surface area contributed by atoms with Crippen LogP contribution < -0.4 is 10.1 Å². The number of amides is 1. The number of nitrogens with zero attached hydrogens (tertiary/aromatic N) is 5. The van der Waals surface area contributed by atoms with Crippen LogP contribution in [-0.2, 0) is 7.05 Å². The van der Waals surface area contributed by atoms with Crippen LogP contribution >= 0.6 is 0 Å². The van der Waals surface area contributed by atoms with Crippen molar-refractivity contribution in [3.63, 3.8) is 0 Å². The van der Waals surface area contributed by atoms with Gasteiger partial charge in [0.25, 0.3) is 5.91 Å². The van der Waals surface area contributed by atoms with Crippen molar-refractivity contribution < 1.29 is 9.53 Å². The van der Waals surface area contributed by atoms with Crippen molar-refractivity contribution in [3.05, 3.63) is 71.2 Å². The molecule has 0 aliphatic rings. The molecule has 8 heteroatoms. The Kier molecular flexibility index (Phi) is 4.86. The molecule has 8 nitrogen and oxygen atoms in total. The van der Waals surface area contributed by atoms with Crippen LogP contribution in [0.3, 0.4) is 0 Å². The van der Waals surface area contributed by atoms with E-state index in [9.17, 15) is 4.79 Å². The molecular weight excluding hydrogens is 380 g/mol. The zero-order valence-corrected chi connectivity index (χ0v) is 16.7. The number of fused-ring (bicyclic) bond motifs is 1. The highest BCUT2D eigenvalue weighted by Crippen LogP contribution is 2.27. The quantitative estimate of drug-likeness (QED) is 0.559. The predicted octanol–water partition coefficient (Wildman–Crippen LogP) is 3.90. The van der Waals surface area contributed by atoms with Crippen molar-refractivity contribution >= 4 is 22.6 Å². The number of hydrogen-bond donors (Lipinski definition) is 1. The number of carbonyl (C=O) groups excluding carboxylic acids is 1. The fourth-order valence-corrected chi connectivity index (χ4v) is 3.14. The fraction of sp³-hybridized carbons (Fsp3) is 0.136. The summed E-state index contributed by atoms with van der Waals surface area (Å²) in [5.74, 6) is 0.498. The third-order valence-corrected chi connectivity index (χ3v) is 4.68. The monoisotopic (exact) mass is 398 g/mol. The van der Waals surface area contributed by atoms with Gasteiger partial charge in [-0.25, -0.2) is 9.97 Å². The van der Waals surface area contributed by atoms with Crippen LogP contribution in [0.4, 0.5) is 5.69 Å². The molecule has 0 atom stereocenters. The van der Waals surface area contributed by atoms with E-state index in [1.54, 1.807) is 47.3 Å². The number of hydrogen-bond acceptors (Lipinski definition) is 6. The van der Waals surface area contributed by atoms with E-state index >= 15 is 0 Å². The van der Waals surface area contributed by atoms with E-state index in [2.05, 4.69) is 20.4 Å². The average molecular weight is 398 g/mol. The normalized spacial score (nSPS) is 10.6. The standard InChI is InChI=1S/C22H18N6O2/c1-13-9-17(30-22-15(11-23)5-4-8-24-22)6-7-19(13)26-21(29)16-10-18-14(2)27-28(3)20(18)25-12-16/h4-10,12H,1-3H3,(H,26,29). The van der Waals surface area contributed by atoms with Crippen LogP contribution in [0.2, 0.25) is 0 Å². The molecule has 1 N–H and O–H groups in total. The van der Waals surface area contributed by atoms with Gasteiger partial charge in [-0.15, -0.1) is 0 Å². The molecule has 1 amide bonds. The maximum atomic E-state index is 12.7. The summed E-state index contributed by atoms with van der Waals surface area (Å²) in [5, 5.41) is 17.2. The number of anilines is 1. The summed E-state index contributed by atoms with van der Waals surface area (Å²) in [7, 11) is 1.82. The first-order valence-corrected chi connectivity index (χ1v) is 9.20. The number of nitrogens with one attached hydrogen (secondary N) is 1. The number of nitriles is 1. The van der Waals surface area contributed by atoms with Crippen molar-refractivity contribution in [2.45, 2.75) is 13.8 Å². The Morgan fingerprint density at radius 2 is 2.03 bits per heavy atom. The number of pyridine rings is 2. The molecule has 0 fully saturated rings. The van der Waals surface area contributed by atoms with Crippen LogP contribution in [0, 0.1) is 25.2 Å². The highest BCUT2D eigenvalue weighted by molar-refractivity contribution is 6.06. The lowest BCUT2D eigenvalue weighted by molar-refractivity contribution is 0.102. The van der Waals surface area contributed by atoms with Gasteiger partial charge in [-0.1, -0.05) is 0 Å². The average Bonchev–Trinajstić information content (AvgIpc) is 3.03. The van der Waals surface area contributed by atoms with Gasteiger partial charge >= 0.3 is 0 Å². The zero-order chi connectivity index (χ0) is 21.3. The summed E-state index contributed by atoms with van der Waals surface area (Å²) >= 11 is 0. The molecular formula is C22H18N6O2. The van der Waals surface area contributed by atoms with E-state index in [4.69, 9.17) is 10.00 Å². The van der Waals surface area contributed by atoms with Gasteiger partial charge in [0.2, 0.25) is 5.88 Å². The molecule has 0 saturated carbocycles. The summed E-state index contributed by atoms with van der Waals surface area (Å²) in [6, 6.07) is 12.4. The van der Waals surface area contributed by atoms with E-state index in [-0.39, 0.29) is 11.8 Å². The van der Waals surface area contributed by atoms with Gasteiger partial charge in [0, 0.05) is 30.5 Å². The second-order valence-corrected chi connectivity index (χ2v) is 6.81. The van der Waals surface area contributed by atoms with Gasteiger partial charge in [0.05, 0.1) is 11.3 Å². The van der Waals surface area contributed by atoms with E-state index in [0.717, 1.165) is 22.3 Å². The fourth-order valence-electron chi connectivity index (χ4n) is 3.14. The third kappa shape index (κ3) is 3.56. The highest BCUT2D eigenvalue weighted by Gasteiger charge is 2.13. The molecule has 0 aliphatic heterocycles. The van der Waals surface area contributed by atoms with Crippen LogP contribution in [0.1, 0.15) is 27.2 Å². The lowest BCUT2D eigenvalue weighted by Crippen LogP contribution is -2.13. The van der Waals surface area contributed by atoms with Gasteiger partial charge in [-0.05, 0) is 55.8 Å². The van der Waals surface area contributed by atoms with E-state index < -0.39 is 0 Å². The van der Waals surface area contributed by atoms with Gasteiger partial charge in [0.1, 0.15) is 17.4 Å². The van der Waals surface area contributed by atoms with E-state index in [0.29, 0.717) is 22.6 Å². The molecule has 4 rings (SSSR count). The molecule has 30 heavy (non-hydrogen) atoms. The number of benzene rings is 1. The molecule has 3 aromatic heterocycles.